The second kappa shape index (κ2) is 10.2. The summed E-state index contributed by atoms with van der Waals surface area (Å²) >= 11 is 0. The molecule has 20 heavy (non-hydrogen) atoms. The molecule has 1 aromatic rings. The molecule has 3 nitrogen and oxygen atoms in total. The molecule has 1 rings (SSSR count). The van der Waals surface area contributed by atoms with Gasteiger partial charge in [-0.1, -0.05) is 49.8 Å². The SMILES string of the molecule is CCCC(C/C=C/C(=O)OCC)NCc1ccccc1. The van der Waals surface area contributed by atoms with Crippen molar-refractivity contribution in [3.05, 3.63) is 48.0 Å². The summed E-state index contributed by atoms with van der Waals surface area (Å²) in [5, 5.41) is 3.54. The third-order valence-corrected chi connectivity index (χ3v) is 3.04. The highest BCUT2D eigenvalue weighted by Crippen LogP contribution is 2.06. The average molecular weight is 275 g/mol. The van der Waals surface area contributed by atoms with E-state index in [4.69, 9.17) is 4.74 Å². The first-order valence-corrected chi connectivity index (χ1v) is 7.36. The van der Waals surface area contributed by atoms with Gasteiger partial charge in [0.25, 0.3) is 0 Å². The maximum absolute atomic E-state index is 11.2. The molecule has 0 amide bonds. The van der Waals surface area contributed by atoms with Gasteiger partial charge in [-0.15, -0.1) is 0 Å². The van der Waals surface area contributed by atoms with Crippen LogP contribution in [0.1, 0.15) is 38.7 Å². The summed E-state index contributed by atoms with van der Waals surface area (Å²) in [7, 11) is 0. The second-order valence-electron chi connectivity index (χ2n) is 4.74. The van der Waals surface area contributed by atoms with Gasteiger partial charge in [-0.3, -0.25) is 0 Å². The van der Waals surface area contributed by atoms with Crippen LogP contribution in [-0.2, 0) is 16.1 Å². The number of esters is 1. The Bertz CT molecular complexity index is 401. The van der Waals surface area contributed by atoms with E-state index in [1.807, 2.05) is 31.2 Å². The smallest absolute Gasteiger partial charge is 0.330 e. The molecule has 0 aromatic heterocycles. The second-order valence-corrected chi connectivity index (χ2v) is 4.74. The third-order valence-electron chi connectivity index (χ3n) is 3.04. The van der Waals surface area contributed by atoms with Crippen LogP contribution in [0.2, 0.25) is 0 Å². The number of hydrogen-bond acceptors (Lipinski definition) is 3. The van der Waals surface area contributed by atoms with Crippen molar-refractivity contribution in [3.8, 4) is 0 Å². The number of carbonyl (C=O) groups excluding carboxylic acids is 1. The Morgan fingerprint density at radius 3 is 2.70 bits per heavy atom. The lowest BCUT2D eigenvalue weighted by Crippen LogP contribution is -2.28. The van der Waals surface area contributed by atoms with E-state index in [0.717, 1.165) is 25.8 Å². The van der Waals surface area contributed by atoms with E-state index in [9.17, 15) is 4.79 Å². The Hall–Kier alpha value is -1.61. The maximum Gasteiger partial charge on any atom is 0.330 e. The molecule has 0 spiro atoms. The van der Waals surface area contributed by atoms with E-state index in [-0.39, 0.29) is 5.97 Å². The molecule has 0 saturated heterocycles. The highest BCUT2D eigenvalue weighted by atomic mass is 16.5. The van der Waals surface area contributed by atoms with Crippen LogP contribution in [0, 0.1) is 0 Å². The Morgan fingerprint density at radius 1 is 1.30 bits per heavy atom. The van der Waals surface area contributed by atoms with Crippen molar-refractivity contribution in [1.82, 2.24) is 5.32 Å². The van der Waals surface area contributed by atoms with Gasteiger partial charge in [0.1, 0.15) is 0 Å². The van der Waals surface area contributed by atoms with Crippen LogP contribution in [-0.4, -0.2) is 18.6 Å². The summed E-state index contributed by atoms with van der Waals surface area (Å²) in [6.07, 6.45) is 6.49. The molecule has 1 atom stereocenters. The van der Waals surface area contributed by atoms with Gasteiger partial charge in [-0.2, -0.15) is 0 Å². The molecule has 0 radical (unpaired) electrons. The molecule has 0 bridgehead atoms. The quantitative estimate of drug-likeness (QED) is 0.554. The lowest BCUT2D eigenvalue weighted by molar-refractivity contribution is -0.137. The lowest BCUT2D eigenvalue weighted by Gasteiger charge is -2.16. The van der Waals surface area contributed by atoms with Gasteiger partial charge in [0.15, 0.2) is 0 Å². The van der Waals surface area contributed by atoms with Gasteiger partial charge < -0.3 is 10.1 Å². The minimum absolute atomic E-state index is 0.259. The van der Waals surface area contributed by atoms with Gasteiger partial charge in [0.2, 0.25) is 0 Å². The fourth-order valence-electron chi connectivity index (χ4n) is 2.03. The zero-order valence-corrected chi connectivity index (χ0v) is 12.5. The summed E-state index contributed by atoms with van der Waals surface area (Å²) in [6, 6.07) is 10.7. The van der Waals surface area contributed by atoms with Gasteiger partial charge in [-0.25, -0.2) is 4.79 Å². The third kappa shape index (κ3) is 7.10. The van der Waals surface area contributed by atoms with Gasteiger partial charge in [0, 0.05) is 18.7 Å². The Kier molecular flexibility index (Phi) is 8.40. The van der Waals surface area contributed by atoms with Crippen LogP contribution < -0.4 is 5.32 Å². The summed E-state index contributed by atoms with van der Waals surface area (Å²) in [6.45, 7) is 5.27. The first kappa shape index (κ1) is 16.4. The summed E-state index contributed by atoms with van der Waals surface area (Å²) < 4.78 is 4.87. The molecule has 3 heteroatoms. The number of rotatable bonds is 9. The molecule has 110 valence electrons. The number of ether oxygens (including phenoxy) is 1. The van der Waals surface area contributed by atoms with Crippen molar-refractivity contribution in [2.75, 3.05) is 6.61 Å². The molecule has 1 N–H and O–H groups in total. The molecule has 0 aliphatic carbocycles. The average Bonchev–Trinajstić information content (AvgIpc) is 2.46. The molecule has 0 heterocycles. The molecule has 0 fully saturated rings. The number of nitrogens with one attached hydrogen (secondary N) is 1. The van der Waals surface area contributed by atoms with E-state index < -0.39 is 0 Å². The Balaban J connectivity index is 2.38. The largest absolute Gasteiger partial charge is 0.463 e. The number of carbonyl (C=O) groups is 1. The van der Waals surface area contributed by atoms with Crippen molar-refractivity contribution < 1.29 is 9.53 Å². The van der Waals surface area contributed by atoms with E-state index in [0.29, 0.717) is 12.6 Å². The van der Waals surface area contributed by atoms with Crippen molar-refractivity contribution in [3.63, 3.8) is 0 Å². The van der Waals surface area contributed by atoms with Crippen LogP contribution in [0.3, 0.4) is 0 Å². The van der Waals surface area contributed by atoms with Crippen molar-refractivity contribution in [1.29, 1.82) is 0 Å². The van der Waals surface area contributed by atoms with E-state index in [1.165, 1.54) is 11.6 Å². The van der Waals surface area contributed by atoms with Crippen LogP contribution in [0.25, 0.3) is 0 Å². The predicted octanol–water partition coefficient (Wildman–Crippen LogP) is 3.45. The first-order chi connectivity index (χ1) is 9.76. The first-order valence-electron chi connectivity index (χ1n) is 7.36. The fraction of sp³-hybridized carbons (Fsp3) is 0.471. The highest BCUT2D eigenvalue weighted by molar-refractivity contribution is 5.81. The van der Waals surface area contributed by atoms with Crippen molar-refractivity contribution in [2.24, 2.45) is 0 Å². The predicted molar refractivity (Wildman–Crippen MR) is 82.4 cm³/mol. The molecule has 0 saturated carbocycles. The molecule has 0 aliphatic heterocycles. The minimum Gasteiger partial charge on any atom is -0.463 e. The summed E-state index contributed by atoms with van der Waals surface area (Å²) in [5.41, 5.74) is 1.28. The van der Waals surface area contributed by atoms with E-state index >= 15 is 0 Å². The normalized spacial score (nSPS) is 12.5. The molecular formula is C17H25NO2. The fourth-order valence-corrected chi connectivity index (χ4v) is 2.03. The van der Waals surface area contributed by atoms with Crippen LogP contribution in [0.4, 0.5) is 0 Å². The van der Waals surface area contributed by atoms with Crippen LogP contribution >= 0.6 is 0 Å². The zero-order chi connectivity index (χ0) is 14.6. The molecule has 1 aromatic carbocycles. The van der Waals surface area contributed by atoms with Crippen molar-refractivity contribution >= 4 is 5.97 Å². The number of hydrogen-bond donors (Lipinski definition) is 1. The van der Waals surface area contributed by atoms with Crippen LogP contribution in [0.15, 0.2) is 42.5 Å². The standard InChI is InChI=1S/C17H25NO2/c1-3-9-16(12-8-13-17(19)20-4-2)18-14-15-10-6-5-7-11-15/h5-8,10-11,13,16,18H,3-4,9,12,14H2,1-2H3/b13-8+. The molecule has 1 unspecified atom stereocenters. The van der Waals surface area contributed by atoms with Gasteiger partial charge >= 0.3 is 5.97 Å². The van der Waals surface area contributed by atoms with E-state index in [2.05, 4.69) is 24.4 Å². The van der Waals surface area contributed by atoms with Crippen molar-refractivity contribution in [2.45, 2.75) is 45.7 Å². The van der Waals surface area contributed by atoms with E-state index in [1.54, 1.807) is 0 Å². The lowest BCUT2D eigenvalue weighted by atomic mass is 10.1. The highest BCUT2D eigenvalue weighted by Gasteiger charge is 2.05. The topological polar surface area (TPSA) is 38.3 Å². The minimum atomic E-state index is -0.259. The van der Waals surface area contributed by atoms with Gasteiger partial charge in [0.05, 0.1) is 6.61 Å². The Labute approximate surface area is 122 Å². The van der Waals surface area contributed by atoms with Gasteiger partial charge in [-0.05, 0) is 25.3 Å². The molecular weight excluding hydrogens is 250 g/mol. The zero-order valence-electron chi connectivity index (χ0n) is 12.5. The number of benzene rings is 1. The molecule has 0 aliphatic rings. The maximum atomic E-state index is 11.2. The Morgan fingerprint density at radius 2 is 2.05 bits per heavy atom. The monoisotopic (exact) mass is 275 g/mol. The summed E-state index contributed by atoms with van der Waals surface area (Å²) in [5.74, 6) is -0.259. The summed E-state index contributed by atoms with van der Waals surface area (Å²) in [4.78, 5) is 11.2. The van der Waals surface area contributed by atoms with Crippen LogP contribution in [0.5, 0.6) is 0 Å².